The van der Waals surface area contributed by atoms with Crippen LogP contribution in [0.25, 0.3) is 0 Å². The number of carbonyl (C=O) groups excluding carboxylic acids is 2. The summed E-state index contributed by atoms with van der Waals surface area (Å²) in [6.45, 7) is 6.26. The van der Waals surface area contributed by atoms with Crippen molar-refractivity contribution in [3.8, 4) is 0 Å². The van der Waals surface area contributed by atoms with E-state index in [2.05, 4.69) is 11.4 Å². The van der Waals surface area contributed by atoms with E-state index >= 15 is 0 Å². The van der Waals surface area contributed by atoms with E-state index in [4.69, 9.17) is 11.6 Å². The van der Waals surface area contributed by atoms with Gasteiger partial charge in [-0.3, -0.25) is 9.59 Å². The Morgan fingerprint density at radius 1 is 1.16 bits per heavy atom. The Balaban J connectivity index is 1.75. The molecule has 25 heavy (non-hydrogen) atoms. The smallest absolute Gasteiger partial charge is 0.229 e. The third-order valence-corrected chi connectivity index (χ3v) is 4.95. The second-order valence-corrected chi connectivity index (χ2v) is 7.06. The molecular formula is C20H21ClN2O2. The van der Waals surface area contributed by atoms with E-state index < -0.39 is 0 Å². The summed E-state index contributed by atoms with van der Waals surface area (Å²) >= 11 is 6.10. The molecule has 0 aliphatic carbocycles. The lowest BCUT2D eigenvalue weighted by Gasteiger charge is -2.18. The predicted molar refractivity (Wildman–Crippen MR) is 101 cm³/mol. The van der Waals surface area contributed by atoms with E-state index in [-0.39, 0.29) is 24.2 Å². The lowest BCUT2D eigenvalue weighted by atomic mass is 10.1. The van der Waals surface area contributed by atoms with E-state index in [1.165, 1.54) is 0 Å². The molecule has 1 atom stereocenters. The average molecular weight is 357 g/mol. The molecule has 1 aliphatic heterocycles. The van der Waals surface area contributed by atoms with Crippen LogP contribution in [0.4, 0.5) is 11.4 Å². The van der Waals surface area contributed by atoms with Gasteiger partial charge < -0.3 is 10.2 Å². The summed E-state index contributed by atoms with van der Waals surface area (Å²) in [5, 5.41) is 3.51. The number of aryl methyl sites for hydroxylation is 2. The van der Waals surface area contributed by atoms with Crippen LogP contribution < -0.4 is 10.2 Å². The van der Waals surface area contributed by atoms with Crippen molar-refractivity contribution in [3.63, 3.8) is 0 Å². The number of hydrogen-bond acceptors (Lipinski definition) is 2. The van der Waals surface area contributed by atoms with Crippen molar-refractivity contribution < 1.29 is 9.59 Å². The first-order chi connectivity index (χ1) is 11.8. The fraction of sp³-hybridized carbons (Fsp3) is 0.300. The third-order valence-electron chi connectivity index (χ3n) is 4.54. The van der Waals surface area contributed by atoms with Crippen molar-refractivity contribution in [2.45, 2.75) is 27.2 Å². The molecular weight excluding hydrogens is 336 g/mol. The van der Waals surface area contributed by atoms with Gasteiger partial charge in [-0.05, 0) is 61.7 Å². The Morgan fingerprint density at radius 3 is 2.52 bits per heavy atom. The summed E-state index contributed by atoms with van der Waals surface area (Å²) in [6.07, 6.45) is 0.221. The molecule has 0 spiro atoms. The number of halogens is 1. The normalized spacial score (nSPS) is 17.0. The highest BCUT2D eigenvalue weighted by molar-refractivity contribution is 6.31. The molecule has 130 valence electrons. The molecule has 1 N–H and O–H groups in total. The molecule has 0 radical (unpaired) electrons. The molecule has 2 aromatic carbocycles. The second kappa shape index (κ2) is 6.89. The SMILES string of the molecule is Cc1cc(C)cc(N2C[C@@H](C(=O)Nc3cccc(Cl)c3C)CC2=O)c1. The van der Waals surface area contributed by atoms with Gasteiger partial charge in [-0.1, -0.05) is 23.7 Å². The molecule has 1 heterocycles. The number of hydrogen-bond donors (Lipinski definition) is 1. The standard InChI is InChI=1S/C20H21ClN2O2/c1-12-7-13(2)9-16(8-12)23-11-15(10-19(23)24)20(25)22-18-6-4-5-17(21)14(18)3/h4-9,15H,10-11H2,1-3H3,(H,22,25)/t15-/m0/s1. The zero-order valence-electron chi connectivity index (χ0n) is 14.6. The maximum atomic E-state index is 12.6. The van der Waals surface area contributed by atoms with E-state index in [9.17, 15) is 9.59 Å². The van der Waals surface area contributed by atoms with Crippen molar-refractivity contribution in [2.24, 2.45) is 5.92 Å². The van der Waals surface area contributed by atoms with Crippen molar-refractivity contribution >= 4 is 34.8 Å². The van der Waals surface area contributed by atoms with Crippen molar-refractivity contribution in [1.82, 2.24) is 0 Å². The van der Waals surface area contributed by atoms with E-state index in [0.717, 1.165) is 22.4 Å². The lowest BCUT2D eigenvalue weighted by Crippen LogP contribution is -2.28. The first-order valence-corrected chi connectivity index (χ1v) is 8.67. The lowest BCUT2D eigenvalue weighted by molar-refractivity contribution is -0.122. The zero-order valence-corrected chi connectivity index (χ0v) is 15.4. The van der Waals surface area contributed by atoms with Crippen LogP contribution in [0, 0.1) is 26.7 Å². The fourth-order valence-corrected chi connectivity index (χ4v) is 3.39. The van der Waals surface area contributed by atoms with Gasteiger partial charge in [-0.25, -0.2) is 0 Å². The molecule has 5 heteroatoms. The van der Waals surface area contributed by atoms with Crippen LogP contribution in [0.1, 0.15) is 23.1 Å². The Hall–Kier alpha value is -2.33. The molecule has 1 aliphatic rings. The van der Waals surface area contributed by atoms with Gasteiger partial charge in [0.1, 0.15) is 0 Å². The summed E-state index contributed by atoms with van der Waals surface area (Å²) in [4.78, 5) is 26.7. The first-order valence-electron chi connectivity index (χ1n) is 8.30. The summed E-state index contributed by atoms with van der Waals surface area (Å²) in [7, 11) is 0. The van der Waals surface area contributed by atoms with Crippen LogP contribution in [0.15, 0.2) is 36.4 Å². The number of carbonyl (C=O) groups is 2. The van der Waals surface area contributed by atoms with Crippen LogP contribution in [0.2, 0.25) is 5.02 Å². The van der Waals surface area contributed by atoms with Gasteiger partial charge >= 0.3 is 0 Å². The van der Waals surface area contributed by atoms with Gasteiger partial charge in [0, 0.05) is 29.4 Å². The van der Waals surface area contributed by atoms with Crippen molar-refractivity contribution in [3.05, 3.63) is 58.1 Å². The molecule has 0 aromatic heterocycles. The Labute approximate surface area is 152 Å². The van der Waals surface area contributed by atoms with E-state index in [1.54, 1.807) is 17.0 Å². The minimum atomic E-state index is -0.369. The zero-order chi connectivity index (χ0) is 18.1. The van der Waals surface area contributed by atoms with Crippen LogP contribution in [0.5, 0.6) is 0 Å². The van der Waals surface area contributed by atoms with Gasteiger partial charge in [0.25, 0.3) is 0 Å². The predicted octanol–water partition coefficient (Wildman–Crippen LogP) is 4.26. The Kier molecular flexibility index (Phi) is 4.82. The molecule has 1 fully saturated rings. The molecule has 0 unspecified atom stereocenters. The summed E-state index contributed by atoms with van der Waals surface area (Å²) in [6, 6.07) is 11.4. The van der Waals surface area contributed by atoms with Gasteiger partial charge in [-0.2, -0.15) is 0 Å². The highest BCUT2D eigenvalue weighted by Crippen LogP contribution is 2.29. The average Bonchev–Trinajstić information content (AvgIpc) is 2.93. The maximum absolute atomic E-state index is 12.6. The van der Waals surface area contributed by atoms with E-state index in [0.29, 0.717) is 17.3 Å². The largest absolute Gasteiger partial charge is 0.325 e. The van der Waals surface area contributed by atoms with Crippen LogP contribution in [-0.4, -0.2) is 18.4 Å². The number of nitrogens with zero attached hydrogens (tertiary/aromatic N) is 1. The number of nitrogens with one attached hydrogen (secondary N) is 1. The molecule has 1 saturated heterocycles. The van der Waals surface area contributed by atoms with E-state index in [1.807, 2.05) is 39.0 Å². The molecule has 0 saturated carbocycles. The van der Waals surface area contributed by atoms with Gasteiger partial charge in [0.05, 0.1) is 5.92 Å². The first kappa shape index (κ1) is 17.5. The number of rotatable bonds is 3. The minimum Gasteiger partial charge on any atom is -0.325 e. The maximum Gasteiger partial charge on any atom is 0.229 e. The van der Waals surface area contributed by atoms with Gasteiger partial charge in [0.2, 0.25) is 11.8 Å². The molecule has 2 amide bonds. The number of benzene rings is 2. The van der Waals surface area contributed by atoms with Crippen molar-refractivity contribution in [2.75, 3.05) is 16.8 Å². The molecule has 0 bridgehead atoms. The van der Waals surface area contributed by atoms with Gasteiger partial charge in [0.15, 0.2) is 0 Å². The molecule has 2 aromatic rings. The van der Waals surface area contributed by atoms with Crippen LogP contribution in [-0.2, 0) is 9.59 Å². The van der Waals surface area contributed by atoms with Gasteiger partial charge in [-0.15, -0.1) is 0 Å². The summed E-state index contributed by atoms with van der Waals surface area (Å²) < 4.78 is 0. The fourth-order valence-electron chi connectivity index (χ4n) is 3.22. The summed E-state index contributed by atoms with van der Waals surface area (Å²) in [5.41, 5.74) is 4.58. The molecule has 3 rings (SSSR count). The quantitative estimate of drug-likeness (QED) is 0.893. The Morgan fingerprint density at radius 2 is 1.84 bits per heavy atom. The van der Waals surface area contributed by atoms with Crippen molar-refractivity contribution in [1.29, 1.82) is 0 Å². The number of anilines is 2. The highest BCUT2D eigenvalue weighted by Gasteiger charge is 2.35. The van der Waals surface area contributed by atoms with Crippen LogP contribution >= 0.6 is 11.6 Å². The molecule has 4 nitrogen and oxygen atoms in total. The van der Waals surface area contributed by atoms with Crippen LogP contribution in [0.3, 0.4) is 0 Å². The summed E-state index contributed by atoms with van der Waals surface area (Å²) in [5.74, 6) is -0.537. The number of amides is 2. The Bertz CT molecular complexity index is 827. The third kappa shape index (κ3) is 3.69. The minimum absolute atomic E-state index is 0.0204. The second-order valence-electron chi connectivity index (χ2n) is 6.65. The highest BCUT2D eigenvalue weighted by atomic mass is 35.5. The topological polar surface area (TPSA) is 49.4 Å². The monoisotopic (exact) mass is 356 g/mol.